The molecule has 0 fully saturated rings. The third-order valence-corrected chi connectivity index (χ3v) is 2.12. The first kappa shape index (κ1) is 10.8. The molecule has 0 aliphatic heterocycles. The maximum Gasteiger partial charge on any atom is 0.303 e. The Labute approximate surface area is 83.5 Å². The Morgan fingerprint density at radius 2 is 2.43 bits per heavy atom. The topological polar surface area (TPSA) is 55.1 Å². The summed E-state index contributed by atoms with van der Waals surface area (Å²) < 4.78 is 1.85. The summed E-state index contributed by atoms with van der Waals surface area (Å²) >= 11 is 0. The molecule has 0 amide bonds. The molecular weight excluding hydrogens is 180 g/mol. The molecule has 0 radical (unpaired) electrons. The molecule has 78 valence electrons. The summed E-state index contributed by atoms with van der Waals surface area (Å²) in [6.45, 7) is 4.82. The van der Waals surface area contributed by atoms with E-state index in [9.17, 15) is 4.79 Å². The van der Waals surface area contributed by atoms with Gasteiger partial charge in [-0.25, -0.2) is 0 Å². The minimum absolute atomic E-state index is 0.169. The lowest BCUT2D eigenvalue weighted by molar-refractivity contribution is -0.137. The molecule has 14 heavy (non-hydrogen) atoms. The van der Waals surface area contributed by atoms with Gasteiger partial charge in [0.05, 0.1) is 6.20 Å². The van der Waals surface area contributed by atoms with Gasteiger partial charge in [-0.2, -0.15) is 5.10 Å². The summed E-state index contributed by atoms with van der Waals surface area (Å²) in [6, 6.07) is 0. The van der Waals surface area contributed by atoms with Gasteiger partial charge in [-0.3, -0.25) is 9.48 Å². The van der Waals surface area contributed by atoms with E-state index in [1.807, 2.05) is 30.9 Å². The van der Waals surface area contributed by atoms with E-state index >= 15 is 0 Å². The Morgan fingerprint density at radius 1 is 1.71 bits per heavy atom. The van der Waals surface area contributed by atoms with Crippen molar-refractivity contribution in [1.29, 1.82) is 0 Å². The van der Waals surface area contributed by atoms with Crippen LogP contribution in [0.4, 0.5) is 0 Å². The average molecular weight is 196 g/mol. The van der Waals surface area contributed by atoms with Crippen LogP contribution in [0.1, 0.15) is 25.8 Å². The molecule has 1 N–H and O–H groups in total. The van der Waals surface area contributed by atoms with Gasteiger partial charge in [0.15, 0.2) is 0 Å². The standard InChI is InChI=1S/C10H16N2O2/c1-3-12-7-9(6-11-12)4-8(2)5-10(13)14/h6-8H,3-5H2,1-2H3,(H,13,14). The Bertz CT molecular complexity index is 307. The number of rotatable bonds is 5. The predicted molar refractivity (Wildman–Crippen MR) is 53.0 cm³/mol. The van der Waals surface area contributed by atoms with E-state index in [0.29, 0.717) is 0 Å². The zero-order valence-corrected chi connectivity index (χ0v) is 8.60. The highest BCUT2D eigenvalue weighted by Crippen LogP contribution is 2.10. The van der Waals surface area contributed by atoms with Crippen molar-refractivity contribution in [3.8, 4) is 0 Å². The molecular formula is C10H16N2O2. The summed E-state index contributed by atoms with van der Waals surface area (Å²) in [6.07, 6.45) is 4.78. The first-order chi connectivity index (χ1) is 6.61. The summed E-state index contributed by atoms with van der Waals surface area (Å²) in [5.41, 5.74) is 1.11. The number of carboxylic acid groups (broad SMARTS) is 1. The molecule has 1 aromatic heterocycles. The van der Waals surface area contributed by atoms with Crippen LogP contribution in [-0.4, -0.2) is 20.9 Å². The van der Waals surface area contributed by atoms with Crippen molar-refractivity contribution >= 4 is 5.97 Å². The minimum atomic E-state index is -0.736. The fourth-order valence-corrected chi connectivity index (χ4v) is 1.46. The molecule has 1 aromatic rings. The second-order valence-electron chi connectivity index (χ2n) is 3.61. The van der Waals surface area contributed by atoms with E-state index in [1.54, 1.807) is 0 Å². The third-order valence-electron chi connectivity index (χ3n) is 2.12. The van der Waals surface area contributed by atoms with Crippen LogP contribution in [0.15, 0.2) is 12.4 Å². The molecule has 0 aliphatic carbocycles. The molecule has 1 rings (SSSR count). The molecule has 0 saturated carbocycles. The van der Waals surface area contributed by atoms with Crippen LogP contribution in [0.3, 0.4) is 0 Å². The highest BCUT2D eigenvalue weighted by Gasteiger charge is 2.09. The quantitative estimate of drug-likeness (QED) is 0.777. The average Bonchev–Trinajstić information content (AvgIpc) is 2.50. The van der Waals surface area contributed by atoms with Crippen LogP contribution in [-0.2, 0) is 17.8 Å². The van der Waals surface area contributed by atoms with Crippen LogP contribution in [0.5, 0.6) is 0 Å². The molecule has 1 atom stereocenters. The van der Waals surface area contributed by atoms with Gasteiger partial charge in [0.1, 0.15) is 0 Å². The first-order valence-corrected chi connectivity index (χ1v) is 4.85. The molecule has 0 aliphatic rings. The van der Waals surface area contributed by atoms with Crippen LogP contribution >= 0.6 is 0 Å². The van der Waals surface area contributed by atoms with Gasteiger partial charge in [0, 0.05) is 19.2 Å². The summed E-state index contributed by atoms with van der Waals surface area (Å²) in [4.78, 5) is 10.4. The van der Waals surface area contributed by atoms with Gasteiger partial charge in [-0.15, -0.1) is 0 Å². The van der Waals surface area contributed by atoms with E-state index in [2.05, 4.69) is 5.10 Å². The van der Waals surface area contributed by atoms with Crippen molar-refractivity contribution in [1.82, 2.24) is 9.78 Å². The highest BCUT2D eigenvalue weighted by atomic mass is 16.4. The first-order valence-electron chi connectivity index (χ1n) is 4.85. The lowest BCUT2D eigenvalue weighted by Gasteiger charge is -2.05. The second-order valence-corrected chi connectivity index (χ2v) is 3.61. The van der Waals surface area contributed by atoms with Gasteiger partial charge in [-0.1, -0.05) is 6.92 Å². The Balaban J connectivity index is 2.47. The van der Waals surface area contributed by atoms with Crippen LogP contribution < -0.4 is 0 Å². The molecule has 0 spiro atoms. The number of aromatic nitrogens is 2. The SMILES string of the molecule is CCn1cc(CC(C)CC(=O)O)cn1. The van der Waals surface area contributed by atoms with Crippen LogP contribution in [0, 0.1) is 5.92 Å². The second kappa shape index (κ2) is 4.79. The maximum atomic E-state index is 10.4. The van der Waals surface area contributed by atoms with Gasteiger partial charge in [-0.05, 0) is 24.8 Å². The largest absolute Gasteiger partial charge is 0.481 e. The fraction of sp³-hybridized carbons (Fsp3) is 0.600. The molecule has 1 unspecified atom stereocenters. The fourth-order valence-electron chi connectivity index (χ4n) is 1.46. The third kappa shape index (κ3) is 3.20. The lowest BCUT2D eigenvalue weighted by atomic mass is 10.0. The van der Waals surface area contributed by atoms with Crippen molar-refractivity contribution in [2.45, 2.75) is 33.2 Å². The van der Waals surface area contributed by atoms with Gasteiger partial charge in [0.25, 0.3) is 0 Å². The van der Waals surface area contributed by atoms with Gasteiger partial charge in [0.2, 0.25) is 0 Å². The number of aryl methyl sites for hydroxylation is 1. The Morgan fingerprint density at radius 3 is 2.93 bits per heavy atom. The van der Waals surface area contributed by atoms with Gasteiger partial charge >= 0.3 is 5.97 Å². The predicted octanol–water partition coefficient (Wildman–Crippen LogP) is 1.56. The molecule has 4 nitrogen and oxygen atoms in total. The molecule has 0 bridgehead atoms. The smallest absolute Gasteiger partial charge is 0.303 e. The molecule has 0 aromatic carbocycles. The van der Waals surface area contributed by atoms with E-state index < -0.39 is 5.97 Å². The molecule has 4 heteroatoms. The zero-order valence-electron chi connectivity index (χ0n) is 8.60. The monoisotopic (exact) mass is 196 g/mol. The van der Waals surface area contributed by atoms with Crippen molar-refractivity contribution in [3.63, 3.8) is 0 Å². The highest BCUT2D eigenvalue weighted by molar-refractivity contribution is 5.66. The normalized spacial score (nSPS) is 12.7. The number of nitrogens with zero attached hydrogens (tertiary/aromatic N) is 2. The minimum Gasteiger partial charge on any atom is -0.481 e. The Hall–Kier alpha value is -1.32. The van der Waals surface area contributed by atoms with E-state index in [1.165, 1.54) is 0 Å². The zero-order chi connectivity index (χ0) is 10.6. The van der Waals surface area contributed by atoms with E-state index in [0.717, 1.165) is 18.5 Å². The number of hydrogen-bond donors (Lipinski definition) is 1. The number of carboxylic acids is 1. The maximum absolute atomic E-state index is 10.4. The molecule has 1 heterocycles. The Kier molecular flexibility index (Phi) is 3.68. The van der Waals surface area contributed by atoms with Crippen molar-refractivity contribution in [2.24, 2.45) is 5.92 Å². The lowest BCUT2D eigenvalue weighted by Crippen LogP contribution is -2.06. The molecule has 0 saturated heterocycles. The van der Waals surface area contributed by atoms with Crippen molar-refractivity contribution in [2.75, 3.05) is 0 Å². The van der Waals surface area contributed by atoms with Crippen LogP contribution in [0.2, 0.25) is 0 Å². The van der Waals surface area contributed by atoms with Crippen molar-refractivity contribution in [3.05, 3.63) is 18.0 Å². The van der Waals surface area contributed by atoms with E-state index in [4.69, 9.17) is 5.11 Å². The van der Waals surface area contributed by atoms with Crippen molar-refractivity contribution < 1.29 is 9.90 Å². The number of hydrogen-bond acceptors (Lipinski definition) is 2. The van der Waals surface area contributed by atoms with E-state index in [-0.39, 0.29) is 12.3 Å². The number of aliphatic carboxylic acids is 1. The van der Waals surface area contributed by atoms with Crippen LogP contribution in [0.25, 0.3) is 0 Å². The summed E-state index contributed by atoms with van der Waals surface area (Å²) in [5.74, 6) is -0.567. The number of carbonyl (C=O) groups is 1. The van der Waals surface area contributed by atoms with Gasteiger partial charge < -0.3 is 5.11 Å². The summed E-state index contributed by atoms with van der Waals surface area (Å²) in [7, 11) is 0. The summed E-state index contributed by atoms with van der Waals surface area (Å²) in [5, 5.41) is 12.7.